The van der Waals surface area contributed by atoms with Crippen LogP contribution in [-0.4, -0.2) is 34.0 Å². The number of methoxy groups -OCH3 is 1. The van der Waals surface area contributed by atoms with Crippen LogP contribution >= 0.6 is 15.9 Å². The molecule has 0 bridgehead atoms. The molecular formula is C16H14BrFN2O6S. The van der Waals surface area contributed by atoms with Crippen molar-refractivity contribution in [2.45, 2.75) is 4.90 Å². The second-order valence-corrected chi connectivity index (χ2v) is 7.63. The number of nitrogens with two attached hydrogens (primary N) is 1. The van der Waals surface area contributed by atoms with Gasteiger partial charge in [0, 0.05) is 4.47 Å². The van der Waals surface area contributed by atoms with Gasteiger partial charge in [-0.05, 0) is 36.4 Å². The van der Waals surface area contributed by atoms with Gasteiger partial charge < -0.3 is 14.8 Å². The van der Waals surface area contributed by atoms with Crippen molar-refractivity contribution in [3.63, 3.8) is 0 Å². The Kier molecular flexibility index (Phi) is 6.52. The lowest BCUT2D eigenvalue weighted by Gasteiger charge is -2.11. The fraction of sp³-hybridized carbons (Fsp3) is 0.125. The summed E-state index contributed by atoms with van der Waals surface area (Å²) in [4.78, 5) is 23.7. The molecule has 11 heteroatoms. The van der Waals surface area contributed by atoms with E-state index < -0.39 is 34.3 Å². The summed E-state index contributed by atoms with van der Waals surface area (Å²) >= 11 is 3.09. The second kappa shape index (κ2) is 8.46. The Balaban J connectivity index is 2.09. The summed E-state index contributed by atoms with van der Waals surface area (Å²) in [5, 5.41) is 7.28. The number of hydrogen-bond acceptors (Lipinski definition) is 6. The van der Waals surface area contributed by atoms with Crippen molar-refractivity contribution in [2.75, 3.05) is 19.0 Å². The van der Waals surface area contributed by atoms with Crippen molar-refractivity contribution in [3.8, 4) is 5.75 Å². The number of primary sulfonamides is 1. The molecule has 0 fully saturated rings. The molecule has 0 unspecified atom stereocenters. The molecule has 144 valence electrons. The summed E-state index contributed by atoms with van der Waals surface area (Å²) in [6, 6.07) is 7.38. The van der Waals surface area contributed by atoms with Crippen LogP contribution in [0.25, 0.3) is 0 Å². The van der Waals surface area contributed by atoms with Gasteiger partial charge in [0.1, 0.15) is 17.1 Å². The Morgan fingerprint density at radius 2 is 1.93 bits per heavy atom. The van der Waals surface area contributed by atoms with Crippen LogP contribution in [0.1, 0.15) is 10.4 Å². The first-order valence-electron chi connectivity index (χ1n) is 7.24. The maximum absolute atomic E-state index is 13.7. The average molecular weight is 461 g/mol. The largest absolute Gasteiger partial charge is 0.496 e. The summed E-state index contributed by atoms with van der Waals surface area (Å²) in [6.07, 6.45) is 0. The Morgan fingerprint density at radius 3 is 2.52 bits per heavy atom. The topological polar surface area (TPSA) is 125 Å². The summed E-state index contributed by atoms with van der Waals surface area (Å²) in [5.41, 5.74) is -0.320. The standard InChI is InChI=1S/C16H14BrFN2O6S/c1-25-14-5-3-10(27(19,23)24)7-11(14)16(22)26-8-15(21)20-13-4-2-9(17)6-12(13)18/h2-7H,8H2,1H3,(H,20,21)(H2,19,23,24). The minimum absolute atomic E-state index is 0.0340. The van der Waals surface area contributed by atoms with Crippen LogP contribution in [0.3, 0.4) is 0 Å². The third-order valence-corrected chi connectivity index (χ3v) is 4.66. The van der Waals surface area contributed by atoms with E-state index in [1.165, 1.54) is 25.3 Å². The number of esters is 1. The number of nitrogens with one attached hydrogen (secondary N) is 1. The minimum Gasteiger partial charge on any atom is -0.496 e. The van der Waals surface area contributed by atoms with Crippen LogP contribution in [0, 0.1) is 5.82 Å². The zero-order valence-corrected chi connectivity index (χ0v) is 16.3. The van der Waals surface area contributed by atoms with Crippen LogP contribution in [0.15, 0.2) is 45.8 Å². The maximum atomic E-state index is 13.7. The predicted octanol–water partition coefficient (Wildman–Crippen LogP) is 2.04. The molecule has 3 N–H and O–H groups in total. The zero-order chi connectivity index (χ0) is 20.2. The van der Waals surface area contributed by atoms with Gasteiger partial charge in [0.05, 0.1) is 17.7 Å². The fourth-order valence-corrected chi connectivity index (χ4v) is 2.88. The van der Waals surface area contributed by atoms with Crippen molar-refractivity contribution >= 4 is 43.5 Å². The highest BCUT2D eigenvalue weighted by atomic mass is 79.9. The van der Waals surface area contributed by atoms with E-state index in [0.29, 0.717) is 4.47 Å². The van der Waals surface area contributed by atoms with Gasteiger partial charge in [0.2, 0.25) is 10.0 Å². The van der Waals surface area contributed by atoms with Crippen molar-refractivity contribution in [1.82, 2.24) is 0 Å². The first-order chi connectivity index (χ1) is 12.6. The van der Waals surface area contributed by atoms with E-state index in [4.69, 9.17) is 14.6 Å². The highest BCUT2D eigenvalue weighted by Crippen LogP contribution is 2.23. The number of ether oxygens (including phenoxy) is 2. The molecule has 0 heterocycles. The number of carbonyl (C=O) groups is 2. The lowest BCUT2D eigenvalue weighted by atomic mass is 10.2. The molecule has 0 aliphatic heterocycles. The first-order valence-corrected chi connectivity index (χ1v) is 9.58. The van der Waals surface area contributed by atoms with Gasteiger partial charge in [-0.15, -0.1) is 0 Å². The van der Waals surface area contributed by atoms with Crippen LogP contribution in [0.2, 0.25) is 0 Å². The number of anilines is 1. The number of rotatable bonds is 6. The van der Waals surface area contributed by atoms with Crippen LogP contribution in [0.4, 0.5) is 10.1 Å². The number of amides is 1. The van der Waals surface area contributed by atoms with Crippen molar-refractivity contribution in [1.29, 1.82) is 0 Å². The molecule has 0 radical (unpaired) electrons. The van der Waals surface area contributed by atoms with Crippen molar-refractivity contribution in [3.05, 3.63) is 52.3 Å². The third-order valence-electron chi connectivity index (χ3n) is 3.26. The summed E-state index contributed by atoms with van der Waals surface area (Å²) < 4.78 is 46.8. The molecule has 2 aromatic carbocycles. The van der Waals surface area contributed by atoms with E-state index in [1.54, 1.807) is 0 Å². The summed E-state index contributed by atoms with van der Waals surface area (Å²) in [5.74, 6) is -2.44. The fourth-order valence-electron chi connectivity index (χ4n) is 2.01. The Bertz CT molecular complexity index is 996. The highest BCUT2D eigenvalue weighted by Gasteiger charge is 2.19. The number of halogens is 2. The van der Waals surface area contributed by atoms with Gasteiger partial charge in [-0.1, -0.05) is 15.9 Å². The maximum Gasteiger partial charge on any atom is 0.342 e. The van der Waals surface area contributed by atoms with Gasteiger partial charge in [0.15, 0.2) is 6.61 Å². The van der Waals surface area contributed by atoms with Crippen LogP contribution in [-0.2, 0) is 19.6 Å². The Hall–Kier alpha value is -2.50. The van der Waals surface area contributed by atoms with Crippen LogP contribution < -0.4 is 15.2 Å². The Morgan fingerprint density at radius 1 is 1.22 bits per heavy atom. The minimum atomic E-state index is -4.05. The quantitative estimate of drug-likeness (QED) is 0.635. The molecule has 0 saturated carbocycles. The van der Waals surface area contributed by atoms with Gasteiger partial charge in [-0.25, -0.2) is 22.7 Å². The second-order valence-electron chi connectivity index (χ2n) is 5.16. The lowest BCUT2D eigenvalue weighted by Crippen LogP contribution is -2.22. The smallest absolute Gasteiger partial charge is 0.342 e. The van der Waals surface area contributed by atoms with Gasteiger partial charge in [0.25, 0.3) is 5.91 Å². The number of benzene rings is 2. The molecule has 0 saturated heterocycles. The zero-order valence-electron chi connectivity index (χ0n) is 13.9. The van der Waals surface area contributed by atoms with E-state index in [0.717, 1.165) is 18.2 Å². The van der Waals surface area contributed by atoms with E-state index >= 15 is 0 Å². The van der Waals surface area contributed by atoms with E-state index in [-0.39, 0.29) is 21.9 Å². The summed E-state index contributed by atoms with van der Waals surface area (Å²) in [6.45, 7) is -0.725. The summed E-state index contributed by atoms with van der Waals surface area (Å²) in [7, 11) is -2.78. The molecule has 8 nitrogen and oxygen atoms in total. The molecule has 0 aliphatic rings. The molecule has 0 aromatic heterocycles. The molecule has 0 spiro atoms. The molecule has 2 rings (SSSR count). The molecule has 0 atom stereocenters. The predicted molar refractivity (Wildman–Crippen MR) is 97.4 cm³/mol. The van der Waals surface area contributed by atoms with Gasteiger partial charge in [-0.2, -0.15) is 0 Å². The van der Waals surface area contributed by atoms with Crippen molar-refractivity contribution in [2.24, 2.45) is 5.14 Å². The average Bonchev–Trinajstić information content (AvgIpc) is 2.60. The number of carbonyl (C=O) groups excluding carboxylic acids is 2. The molecular weight excluding hydrogens is 447 g/mol. The monoisotopic (exact) mass is 460 g/mol. The van der Waals surface area contributed by atoms with Crippen LogP contribution in [0.5, 0.6) is 5.75 Å². The normalized spacial score (nSPS) is 11.0. The SMILES string of the molecule is COc1ccc(S(N)(=O)=O)cc1C(=O)OCC(=O)Nc1ccc(Br)cc1F. The number of sulfonamides is 1. The van der Waals surface area contributed by atoms with Gasteiger partial charge >= 0.3 is 5.97 Å². The van der Waals surface area contributed by atoms with Gasteiger partial charge in [-0.3, -0.25) is 4.79 Å². The molecule has 2 aromatic rings. The Labute approximate surface area is 162 Å². The molecule has 27 heavy (non-hydrogen) atoms. The molecule has 0 aliphatic carbocycles. The third kappa shape index (κ3) is 5.49. The number of hydrogen-bond donors (Lipinski definition) is 2. The van der Waals surface area contributed by atoms with E-state index in [9.17, 15) is 22.4 Å². The van der Waals surface area contributed by atoms with E-state index in [2.05, 4.69) is 21.2 Å². The lowest BCUT2D eigenvalue weighted by molar-refractivity contribution is -0.119. The highest BCUT2D eigenvalue weighted by molar-refractivity contribution is 9.10. The van der Waals surface area contributed by atoms with E-state index in [1.807, 2.05) is 0 Å². The van der Waals surface area contributed by atoms with Crippen molar-refractivity contribution < 1.29 is 31.9 Å². The first kappa shape index (κ1) is 20.8. The molecule has 1 amide bonds.